The number of anilines is 1. The molecule has 0 spiro atoms. The molecule has 2 amide bonds. The maximum atomic E-state index is 12.3. The summed E-state index contributed by atoms with van der Waals surface area (Å²) in [5.74, 6) is 0. The number of hydrogen-bond acceptors (Lipinski definition) is 4. The largest absolute Gasteiger partial charge is 0.472 e. The molecule has 124 valence electrons. The molecule has 0 radical (unpaired) electrons. The highest BCUT2D eigenvalue weighted by molar-refractivity contribution is 7.89. The summed E-state index contributed by atoms with van der Waals surface area (Å²) in [4.78, 5) is 14.0. The smallest absolute Gasteiger partial charge is 0.322 e. The highest BCUT2D eigenvalue weighted by atomic mass is 32.2. The molecule has 23 heavy (non-hydrogen) atoms. The van der Waals surface area contributed by atoms with Crippen molar-refractivity contribution in [3.05, 3.63) is 48.4 Å². The molecule has 0 unspecified atom stereocenters. The second-order valence-electron chi connectivity index (χ2n) is 4.81. The lowest BCUT2D eigenvalue weighted by atomic mass is 10.3. The van der Waals surface area contributed by atoms with E-state index in [1.807, 2.05) is 6.92 Å². The van der Waals surface area contributed by atoms with Gasteiger partial charge in [0, 0.05) is 17.8 Å². The van der Waals surface area contributed by atoms with Crippen LogP contribution in [0.15, 0.2) is 52.2 Å². The minimum atomic E-state index is -3.48. The van der Waals surface area contributed by atoms with Gasteiger partial charge in [0.1, 0.15) is 0 Å². The maximum absolute atomic E-state index is 12.3. The fraction of sp³-hybridized carbons (Fsp3) is 0.267. The van der Waals surface area contributed by atoms with Gasteiger partial charge in [0.15, 0.2) is 0 Å². The third kappa shape index (κ3) is 4.33. The van der Waals surface area contributed by atoms with Gasteiger partial charge in [-0.3, -0.25) is 0 Å². The van der Waals surface area contributed by atoms with Gasteiger partial charge in [-0.15, -0.1) is 0 Å². The number of hydrogen-bond donors (Lipinski definition) is 2. The van der Waals surface area contributed by atoms with Crippen LogP contribution in [0, 0.1) is 0 Å². The summed E-state index contributed by atoms with van der Waals surface area (Å²) in [5, 5.41) is 2.74. The molecule has 0 aliphatic heterocycles. The molecule has 0 aliphatic rings. The van der Waals surface area contributed by atoms with Gasteiger partial charge in [-0.05, 0) is 44.3 Å². The molecule has 0 saturated heterocycles. The summed E-state index contributed by atoms with van der Waals surface area (Å²) < 4.78 is 30.5. The van der Waals surface area contributed by atoms with Crippen LogP contribution >= 0.6 is 0 Å². The van der Waals surface area contributed by atoms with Crippen LogP contribution in [-0.2, 0) is 16.6 Å². The van der Waals surface area contributed by atoms with Crippen molar-refractivity contribution in [2.45, 2.75) is 18.4 Å². The first kappa shape index (κ1) is 17.0. The predicted molar refractivity (Wildman–Crippen MR) is 86.5 cm³/mol. The van der Waals surface area contributed by atoms with E-state index in [-0.39, 0.29) is 10.9 Å². The van der Waals surface area contributed by atoms with Crippen molar-refractivity contribution < 1.29 is 17.6 Å². The van der Waals surface area contributed by atoms with Gasteiger partial charge in [-0.25, -0.2) is 17.9 Å². The van der Waals surface area contributed by atoms with Gasteiger partial charge in [0.05, 0.1) is 24.0 Å². The zero-order valence-electron chi connectivity index (χ0n) is 12.9. The van der Waals surface area contributed by atoms with Crippen LogP contribution in [0.25, 0.3) is 0 Å². The highest BCUT2D eigenvalue weighted by Gasteiger charge is 2.14. The first-order valence-electron chi connectivity index (χ1n) is 7.07. The molecule has 0 fully saturated rings. The Morgan fingerprint density at radius 1 is 1.22 bits per heavy atom. The number of carbonyl (C=O) groups is 1. The summed E-state index contributed by atoms with van der Waals surface area (Å²) in [6, 6.07) is 7.51. The van der Waals surface area contributed by atoms with Gasteiger partial charge in [0.25, 0.3) is 0 Å². The predicted octanol–water partition coefficient (Wildman–Crippen LogP) is 2.24. The number of nitrogens with one attached hydrogen (secondary N) is 2. The van der Waals surface area contributed by atoms with Gasteiger partial charge in [-0.2, -0.15) is 0 Å². The average Bonchev–Trinajstić information content (AvgIpc) is 3.06. The van der Waals surface area contributed by atoms with E-state index >= 15 is 0 Å². The Morgan fingerprint density at radius 2 is 1.91 bits per heavy atom. The number of nitrogens with zero attached hydrogens (tertiary/aromatic N) is 1. The average molecular weight is 337 g/mol. The molecular formula is C15H19N3O4S. The zero-order chi connectivity index (χ0) is 16.9. The Labute approximate surface area is 135 Å². The monoisotopic (exact) mass is 337 g/mol. The molecule has 1 heterocycles. The Hall–Kier alpha value is -2.32. The third-order valence-corrected chi connectivity index (χ3v) is 4.74. The molecule has 0 saturated carbocycles. The van der Waals surface area contributed by atoms with E-state index in [0.29, 0.717) is 18.8 Å². The molecule has 1 aromatic carbocycles. The zero-order valence-corrected chi connectivity index (χ0v) is 13.8. The van der Waals surface area contributed by atoms with Crippen LogP contribution in [0.4, 0.5) is 10.5 Å². The number of carbonyl (C=O) groups excluding carboxylic acids is 1. The van der Waals surface area contributed by atoms with Crippen LogP contribution in [-0.4, -0.2) is 32.9 Å². The first-order chi connectivity index (χ1) is 11.0. The Balaban J connectivity index is 2.04. The molecule has 7 nitrogen and oxygen atoms in total. The lowest BCUT2D eigenvalue weighted by molar-refractivity contribution is 0.212. The number of furan rings is 1. The number of urea groups is 1. The van der Waals surface area contributed by atoms with Crippen molar-refractivity contribution in [3.63, 3.8) is 0 Å². The molecule has 2 N–H and O–H groups in total. The number of amides is 2. The molecule has 2 aromatic rings. The second-order valence-corrected chi connectivity index (χ2v) is 6.69. The van der Waals surface area contributed by atoms with Crippen LogP contribution in [0.2, 0.25) is 0 Å². The van der Waals surface area contributed by atoms with Gasteiger partial charge in [-0.1, -0.05) is 0 Å². The molecular weight excluding hydrogens is 318 g/mol. The Kier molecular flexibility index (Phi) is 5.41. The summed E-state index contributed by atoms with van der Waals surface area (Å²) in [7, 11) is -2.13. The van der Waals surface area contributed by atoms with Crippen LogP contribution < -0.4 is 10.0 Å². The van der Waals surface area contributed by atoms with Gasteiger partial charge in [0.2, 0.25) is 10.0 Å². The van der Waals surface area contributed by atoms with Gasteiger partial charge < -0.3 is 14.6 Å². The molecule has 1 aromatic heterocycles. The van der Waals surface area contributed by atoms with E-state index in [0.717, 1.165) is 5.56 Å². The highest BCUT2D eigenvalue weighted by Crippen LogP contribution is 2.15. The van der Waals surface area contributed by atoms with Gasteiger partial charge >= 0.3 is 6.03 Å². The van der Waals surface area contributed by atoms with E-state index in [2.05, 4.69) is 10.0 Å². The number of rotatable bonds is 6. The summed E-state index contributed by atoms with van der Waals surface area (Å²) in [6.07, 6.45) is 3.15. The lowest BCUT2D eigenvalue weighted by Crippen LogP contribution is -2.34. The van der Waals surface area contributed by atoms with Crippen molar-refractivity contribution in [1.29, 1.82) is 0 Å². The molecule has 0 aliphatic carbocycles. The normalized spacial score (nSPS) is 11.2. The Morgan fingerprint density at radius 3 is 2.43 bits per heavy atom. The van der Waals surface area contributed by atoms with E-state index in [4.69, 9.17) is 4.42 Å². The van der Waals surface area contributed by atoms with Crippen molar-refractivity contribution in [3.8, 4) is 0 Å². The van der Waals surface area contributed by atoms with Crippen molar-refractivity contribution in [2.75, 3.05) is 18.9 Å². The fourth-order valence-corrected chi connectivity index (χ4v) is 2.70. The second kappa shape index (κ2) is 7.30. The summed E-state index contributed by atoms with van der Waals surface area (Å²) in [5.41, 5.74) is 1.42. The summed E-state index contributed by atoms with van der Waals surface area (Å²) in [6.45, 7) is 2.84. The standard InChI is InChI=1S/C15H19N3O4S/c1-3-18(10-12-8-9-22-11-12)15(19)17-13-4-6-14(7-5-13)23(20,21)16-2/h4-9,11,16H,3,10H2,1-2H3,(H,17,19). The summed E-state index contributed by atoms with van der Waals surface area (Å²) >= 11 is 0. The fourth-order valence-electron chi connectivity index (χ4n) is 1.97. The van der Waals surface area contributed by atoms with Crippen molar-refractivity contribution >= 4 is 21.7 Å². The maximum Gasteiger partial charge on any atom is 0.322 e. The van der Waals surface area contributed by atoms with Crippen molar-refractivity contribution in [1.82, 2.24) is 9.62 Å². The third-order valence-electron chi connectivity index (χ3n) is 3.31. The molecule has 0 bridgehead atoms. The SMILES string of the molecule is CCN(Cc1ccoc1)C(=O)Nc1ccc(S(=O)(=O)NC)cc1. The number of benzene rings is 1. The van der Waals surface area contributed by atoms with E-state index in [1.54, 1.807) is 35.6 Å². The number of sulfonamides is 1. The van der Waals surface area contributed by atoms with E-state index in [1.165, 1.54) is 19.2 Å². The van der Waals surface area contributed by atoms with Crippen molar-refractivity contribution in [2.24, 2.45) is 0 Å². The lowest BCUT2D eigenvalue weighted by Gasteiger charge is -2.20. The van der Waals surface area contributed by atoms with Crippen LogP contribution in [0.3, 0.4) is 0 Å². The molecule has 8 heteroatoms. The van der Waals surface area contributed by atoms with E-state index < -0.39 is 10.0 Å². The van der Waals surface area contributed by atoms with Crippen LogP contribution in [0.5, 0.6) is 0 Å². The first-order valence-corrected chi connectivity index (χ1v) is 8.55. The minimum Gasteiger partial charge on any atom is -0.472 e. The quantitative estimate of drug-likeness (QED) is 0.845. The Bertz CT molecular complexity index is 740. The molecule has 0 atom stereocenters. The van der Waals surface area contributed by atoms with Crippen LogP contribution in [0.1, 0.15) is 12.5 Å². The minimum absolute atomic E-state index is 0.142. The molecule has 2 rings (SSSR count). The van der Waals surface area contributed by atoms with E-state index in [9.17, 15) is 13.2 Å². The topological polar surface area (TPSA) is 91.7 Å².